The van der Waals surface area contributed by atoms with Crippen molar-refractivity contribution in [1.82, 2.24) is 4.90 Å². The Hall–Kier alpha value is -0.580. The van der Waals surface area contributed by atoms with E-state index in [1.807, 2.05) is 11.0 Å². The van der Waals surface area contributed by atoms with E-state index in [9.17, 15) is 4.79 Å². The van der Waals surface area contributed by atoms with Gasteiger partial charge in [-0.25, -0.2) is 0 Å². The molecule has 0 aromatic carbocycles. The van der Waals surface area contributed by atoms with Gasteiger partial charge in [-0.3, -0.25) is 4.79 Å². The number of halogens is 1. The Labute approximate surface area is 125 Å². The molecule has 1 saturated heterocycles. The standard InChI is InChI=1S/C14H22N2OS.ClH/c1-9-5-4-6-16(12(9)8-15)14(17)13-7-10(2)11(3)18-13;/h7,9,12H,4-6,8,15H2,1-3H3;1H. The predicted octanol–water partition coefficient (Wildman–Crippen LogP) is 2.99. The zero-order chi connectivity index (χ0) is 13.3. The number of amides is 1. The van der Waals surface area contributed by atoms with E-state index in [1.54, 1.807) is 11.3 Å². The zero-order valence-electron chi connectivity index (χ0n) is 11.8. The topological polar surface area (TPSA) is 46.3 Å². The molecule has 2 N–H and O–H groups in total. The molecule has 0 radical (unpaired) electrons. The highest BCUT2D eigenvalue weighted by atomic mass is 35.5. The lowest BCUT2D eigenvalue weighted by molar-refractivity contribution is 0.0537. The van der Waals surface area contributed by atoms with Crippen LogP contribution in [0.2, 0.25) is 0 Å². The van der Waals surface area contributed by atoms with Gasteiger partial charge in [-0.15, -0.1) is 23.7 Å². The Morgan fingerprint density at radius 1 is 1.53 bits per heavy atom. The van der Waals surface area contributed by atoms with Gasteiger partial charge >= 0.3 is 0 Å². The number of carbonyl (C=O) groups excluding carboxylic acids is 1. The maximum atomic E-state index is 12.6. The molecular formula is C14H23ClN2OS. The van der Waals surface area contributed by atoms with Gasteiger partial charge in [-0.2, -0.15) is 0 Å². The first kappa shape index (κ1) is 16.5. The van der Waals surface area contributed by atoms with Crippen molar-refractivity contribution in [3.05, 3.63) is 21.4 Å². The second kappa shape index (κ2) is 6.73. The van der Waals surface area contributed by atoms with Crippen LogP contribution in [0.3, 0.4) is 0 Å². The molecule has 0 aliphatic carbocycles. The zero-order valence-corrected chi connectivity index (χ0v) is 13.4. The van der Waals surface area contributed by atoms with E-state index in [-0.39, 0.29) is 24.4 Å². The number of hydrogen-bond donors (Lipinski definition) is 1. The number of aryl methyl sites for hydroxylation is 2. The van der Waals surface area contributed by atoms with Crippen molar-refractivity contribution in [2.24, 2.45) is 11.7 Å². The summed E-state index contributed by atoms with van der Waals surface area (Å²) in [5.41, 5.74) is 7.05. The second-order valence-electron chi connectivity index (χ2n) is 5.27. The average molecular weight is 303 g/mol. The number of rotatable bonds is 2. The number of nitrogens with two attached hydrogens (primary N) is 1. The Kier molecular flexibility index (Phi) is 5.83. The molecule has 19 heavy (non-hydrogen) atoms. The number of carbonyl (C=O) groups is 1. The highest BCUT2D eigenvalue weighted by Gasteiger charge is 2.31. The molecule has 2 unspecified atom stereocenters. The van der Waals surface area contributed by atoms with Crippen LogP contribution in [-0.4, -0.2) is 29.9 Å². The van der Waals surface area contributed by atoms with Gasteiger partial charge < -0.3 is 10.6 Å². The molecule has 3 nitrogen and oxygen atoms in total. The van der Waals surface area contributed by atoms with E-state index in [0.29, 0.717) is 12.5 Å². The number of hydrogen-bond acceptors (Lipinski definition) is 3. The number of thiophene rings is 1. The predicted molar refractivity (Wildman–Crippen MR) is 83.3 cm³/mol. The van der Waals surface area contributed by atoms with Gasteiger partial charge in [-0.1, -0.05) is 6.92 Å². The Balaban J connectivity index is 0.00000180. The van der Waals surface area contributed by atoms with Crippen LogP contribution in [0.5, 0.6) is 0 Å². The van der Waals surface area contributed by atoms with Gasteiger partial charge in [0.15, 0.2) is 0 Å². The summed E-state index contributed by atoms with van der Waals surface area (Å²) in [7, 11) is 0. The summed E-state index contributed by atoms with van der Waals surface area (Å²) in [5.74, 6) is 0.674. The summed E-state index contributed by atoms with van der Waals surface area (Å²) < 4.78 is 0. The van der Waals surface area contributed by atoms with Crippen LogP contribution < -0.4 is 5.73 Å². The summed E-state index contributed by atoms with van der Waals surface area (Å²) in [6.07, 6.45) is 2.26. The van der Waals surface area contributed by atoms with Crippen LogP contribution in [0.25, 0.3) is 0 Å². The largest absolute Gasteiger partial charge is 0.333 e. The first-order valence-corrected chi connectivity index (χ1v) is 7.44. The van der Waals surface area contributed by atoms with Crippen LogP contribution in [0.15, 0.2) is 6.07 Å². The number of likely N-dealkylation sites (tertiary alicyclic amines) is 1. The molecular weight excluding hydrogens is 280 g/mol. The SMILES string of the molecule is Cc1cc(C(=O)N2CCCC(C)C2CN)sc1C.Cl. The Bertz CT molecular complexity index is 427. The third-order valence-electron chi connectivity index (χ3n) is 3.99. The normalized spacial score (nSPS) is 23.1. The van der Waals surface area contributed by atoms with Crippen molar-refractivity contribution < 1.29 is 4.79 Å². The van der Waals surface area contributed by atoms with Gasteiger partial charge in [0, 0.05) is 24.0 Å². The fourth-order valence-corrected chi connectivity index (χ4v) is 3.67. The maximum absolute atomic E-state index is 12.6. The lowest BCUT2D eigenvalue weighted by atomic mass is 9.90. The minimum absolute atomic E-state index is 0. The minimum atomic E-state index is 0. The summed E-state index contributed by atoms with van der Waals surface area (Å²) >= 11 is 1.60. The molecule has 0 bridgehead atoms. The van der Waals surface area contributed by atoms with E-state index in [4.69, 9.17) is 5.73 Å². The molecule has 1 aliphatic rings. The molecule has 1 fully saturated rings. The highest BCUT2D eigenvalue weighted by molar-refractivity contribution is 7.14. The smallest absolute Gasteiger partial charge is 0.264 e. The molecule has 1 aromatic rings. The summed E-state index contributed by atoms with van der Waals surface area (Å²) in [4.78, 5) is 16.6. The fraction of sp³-hybridized carbons (Fsp3) is 0.643. The van der Waals surface area contributed by atoms with Gasteiger partial charge in [0.2, 0.25) is 0 Å². The Morgan fingerprint density at radius 2 is 2.21 bits per heavy atom. The molecule has 2 heterocycles. The van der Waals surface area contributed by atoms with Crippen LogP contribution in [0, 0.1) is 19.8 Å². The van der Waals surface area contributed by atoms with E-state index in [0.717, 1.165) is 17.8 Å². The minimum Gasteiger partial charge on any atom is -0.333 e. The van der Waals surface area contributed by atoms with Crippen LogP contribution in [0.4, 0.5) is 0 Å². The lowest BCUT2D eigenvalue weighted by Gasteiger charge is -2.39. The van der Waals surface area contributed by atoms with E-state index >= 15 is 0 Å². The molecule has 2 rings (SSSR count). The lowest BCUT2D eigenvalue weighted by Crippen LogP contribution is -2.51. The van der Waals surface area contributed by atoms with Gasteiger partial charge in [0.05, 0.1) is 4.88 Å². The van der Waals surface area contributed by atoms with Crippen LogP contribution in [-0.2, 0) is 0 Å². The van der Waals surface area contributed by atoms with Gasteiger partial charge in [0.25, 0.3) is 5.91 Å². The Morgan fingerprint density at radius 3 is 2.74 bits per heavy atom. The second-order valence-corrected chi connectivity index (χ2v) is 6.53. The monoisotopic (exact) mass is 302 g/mol. The molecule has 1 amide bonds. The quantitative estimate of drug-likeness (QED) is 0.913. The maximum Gasteiger partial charge on any atom is 0.264 e. The van der Waals surface area contributed by atoms with E-state index < -0.39 is 0 Å². The third-order valence-corrected chi connectivity index (χ3v) is 5.14. The van der Waals surface area contributed by atoms with Crippen LogP contribution in [0.1, 0.15) is 39.9 Å². The number of nitrogens with zero attached hydrogens (tertiary/aromatic N) is 1. The molecule has 1 aromatic heterocycles. The van der Waals surface area contributed by atoms with Gasteiger partial charge in [0.1, 0.15) is 0 Å². The first-order valence-electron chi connectivity index (χ1n) is 6.62. The molecule has 108 valence electrons. The van der Waals surface area contributed by atoms with Crippen molar-refractivity contribution in [1.29, 1.82) is 0 Å². The van der Waals surface area contributed by atoms with E-state index in [1.165, 1.54) is 16.9 Å². The van der Waals surface area contributed by atoms with E-state index in [2.05, 4.69) is 20.8 Å². The van der Waals surface area contributed by atoms with Gasteiger partial charge in [-0.05, 0) is 44.2 Å². The molecule has 2 atom stereocenters. The van der Waals surface area contributed by atoms with Crippen LogP contribution >= 0.6 is 23.7 Å². The van der Waals surface area contributed by atoms with Crippen molar-refractivity contribution in [3.63, 3.8) is 0 Å². The molecule has 1 aliphatic heterocycles. The molecule has 0 saturated carbocycles. The van der Waals surface area contributed by atoms with Crippen molar-refractivity contribution in [3.8, 4) is 0 Å². The first-order chi connectivity index (χ1) is 8.54. The summed E-state index contributed by atoms with van der Waals surface area (Å²) in [6, 6.07) is 2.21. The molecule has 0 spiro atoms. The van der Waals surface area contributed by atoms with Crippen molar-refractivity contribution in [2.45, 2.75) is 39.7 Å². The number of piperidine rings is 1. The summed E-state index contributed by atoms with van der Waals surface area (Å²) in [6.45, 7) is 7.73. The average Bonchev–Trinajstić information content (AvgIpc) is 2.68. The van der Waals surface area contributed by atoms with Crippen molar-refractivity contribution in [2.75, 3.05) is 13.1 Å². The fourth-order valence-electron chi connectivity index (χ4n) is 2.68. The van der Waals surface area contributed by atoms with Crippen molar-refractivity contribution >= 4 is 29.7 Å². The highest BCUT2D eigenvalue weighted by Crippen LogP contribution is 2.27. The molecule has 5 heteroatoms. The summed E-state index contributed by atoms with van der Waals surface area (Å²) in [5, 5.41) is 0. The third kappa shape index (κ3) is 3.30.